The molecule has 1 aromatic rings. The lowest BCUT2D eigenvalue weighted by Crippen LogP contribution is -2.36. The molecule has 3 nitrogen and oxygen atoms in total. The van der Waals surface area contributed by atoms with Gasteiger partial charge in [0.2, 0.25) is 0 Å². The average Bonchev–Trinajstić information content (AvgIpc) is 2.43. The summed E-state index contributed by atoms with van der Waals surface area (Å²) in [6.45, 7) is 3.34. The number of benzene rings is 1. The van der Waals surface area contributed by atoms with Gasteiger partial charge in [0.05, 0.1) is 11.6 Å². The van der Waals surface area contributed by atoms with Crippen LogP contribution >= 0.6 is 11.6 Å². The second-order valence-corrected chi connectivity index (χ2v) is 5.52. The normalized spacial score (nSPS) is 23.1. The second kappa shape index (κ2) is 7.01. The first-order chi connectivity index (χ1) is 9.24. The van der Waals surface area contributed by atoms with Crippen molar-refractivity contribution in [2.45, 2.75) is 38.6 Å². The van der Waals surface area contributed by atoms with E-state index in [-0.39, 0.29) is 0 Å². The summed E-state index contributed by atoms with van der Waals surface area (Å²) in [6, 6.07) is 6.36. The zero-order valence-electron chi connectivity index (χ0n) is 11.5. The van der Waals surface area contributed by atoms with Crippen LogP contribution in [0, 0.1) is 5.92 Å². The molecule has 0 heterocycles. The number of nitrogens with one attached hydrogen (secondary N) is 1. The molecule has 1 aliphatic carbocycles. The Balaban J connectivity index is 2.03. The Morgan fingerprint density at radius 1 is 1.37 bits per heavy atom. The van der Waals surface area contributed by atoms with E-state index >= 15 is 0 Å². The van der Waals surface area contributed by atoms with Crippen molar-refractivity contribution in [3.05, 3.63) is 23.2 Å². The fourth-order valence-corrected chi connectivity index (χ4v) is 2.99. The van der Waals surface area contributed by atoms with Crippen LogP contribution in [-0.4, -0.2) is 19.2 Å². The van der Waals surface area contributed by atoms with Gasteiger partial charge in [-0.15, -0.1) is 0 Å². The molecular weight excluding hydrogens is 260 g/mol. The van der Waals surface area contributed by atoms with E-state index in [4.69, 9.17) is 22.1 Å². The molecule has 0 bridgehead atoms. The molecule has 19 heavy (non-hydrogen) atoms. The molecule has 2 rings (SSSR count). The van der Waals surface area contributed by atoms with Gasteiger partial charge in [0.25, 0.3) is 0 Å². The van der Waals surface area contributed by atoms with Crippen LogP contribution in [0.25, 0.3) is 0 Å². The molecule has 0 radical (unpaired) electrons. The highest BCUT2D eigenvalue weighted by molar-refractivity contribution is 6.32. The second-order valence-electron chi connectivity index (χ2n) is 5.11. The molecule has 1 aliphatic rings. The monoisotopic (exact) mass is 282 g/mol. The van der Waals surface area contributed by atoms with Crippen molar-refractivity contribution in [3.8, 4) is 5.75 Å². The third-order valence-corrected chi connectivity index (χ3v) is 4.09. The molecule has 1 fully saturated rings. The predicted molar refractivity (Wildman–Crippen MR) is 81.0 cm³/mol. The molecule has 2 unspecified atom stereocenters. The third kappa shape index (κ3) is 3.77. The van der Waals surface area contributed by atoms with Gasteiger partial charge in [-0.2, -0.15) is 0 Å². The predicted octanol–water partition coefficient (Wildman–Crippen LogP) is 3.67. The van der Waals surface area contributed by atoms with Crippen molar-refractivity contribution in [2.24, 2.45) is 11.7 Å². The molecule has 2 atom stereocenters. The quantitative estimate of drug-likeness (QED) is 0.866. The van der Waals surface area contributed by atoms with Gasteiger partial charge in [0.1, 0.15) is 5.75 Å². The number of ether oxygens (including phenoxy) is 1. The Morgan fingerprint density at radius 2 is 2.16 bits per heavy atom. The summed E-state index contributed by atoms with van der Waals surface area (Å²) in [6.07, 6.45) is 4.98. The Bertz CT molecular complexity index is 411. The van der Waals surface area contributed by atoms with Crippen molar-refractivity contribution < 1.29 is 4.74 Å². The number of hydrogen-bond acceptors (Lipinski definition) is 3. The van der Waals surface area contributed by atoms with Gasteiger partial charge in [0, 0.05) is 11.7 Å². The Morgan fingerprint density at radius 3 is 2.84 bits per heavy atom. The molecule has 0 spiro atoms. The summed E-state index contributed by atoms with van der Waals surface area (Å²) in [5, 5.41) is 4.23. The number of nitrogens with two attached hydrogens (primary N) is 1. The highest BCUT2D eigenvalue weighted by atomic mass is 35.5. The van der Waals surface area contributed by atoms with E-state index in [1.165, 1.54) is 25.7 Å². The summed E-state index contributed by atoms with van der Waals surface area (Å²) < 4.78 is 5.44. The van der Waals surface area contributed by atoms with Gasteiger partial charge in [-0.1, -0.05) is 24.4 Å². The molecule has 4 heteroatoms. The van der Waals surface area contributed by atoms with Crippen molar-refractivity contribution in [1.29, 1.82) is 0 Å². The summed E-state index contributed by atoms with van der Waals surface area (Å²) >= 11 is 6.21. The first-order valence-corrected chi connectivity index (χ1v) is 7.51. The van der Waals surface area contributed by atoms with E-state index in [0.717, 1.165) is 18.0 Å². The highest BCUT2D eigenvalue weighted by Gasteiger charge is 2.23. The molecule has 0 aliphatic heterocycles. The number of halogens is 1. The minimum Gasteiger partial charge on any atom is -0.492 e. The van der Waals surface area contributed by atoms with Gasteiger partial charge in [0.15, 0.2) is 0 Å². The van der Waals surface area contributed by atoms with Crippen molar-refractivity contribution in [2.75, 3.05) is 18.5 Å². The Kier molecular flexibility index (Phi) is 5.34. The highest BCUT2D eigenvalue weighted by Crippen LogP contribution is 2.31. The van der Waals surface area contributed by atoms with Gasteiger partial charge < -0.3 is 15.8 Å². The van der Waals surface area contributed by atoms with Crippen LogP contribution in [-0.2, 0) is 0 Å². The first-order valence-electron chi connectivity index (χ1n) is 7.13. The Hall–Kier alpha value is -0.930. The maximum absolute atomic E-state index is 6.21. The van der Waals surface area contributed by atoms with Crippen LogP contribution in [0.5, 0.6) is 5.75 Å². The minimum atomic E-state index is 0.466. The van der Waals surface area contributed by atoms with E-state index in [2.05, 4.69) is 5.32 Å². The molecule has 0 saturated heterocycles. The van der Waals surface area contributed by atoms with Gasteiger partial charge in [-0.3, -0.25) is 0 Å². The Labute approximate surface area is 120 Å². The maximum Gasteiger partial charge on any atom is 0.138 e. The smallest absolute Gasteiger partial charge is 0.138 e. The van der Waals surface area contributed by atoms with Crippen molar-refractivity contribution in [1.82, 2.24) is 0 Å². The lowest BCUT2D eigenvalue weighted by molar-refractivity contribution is 0.332. The van der Waals surface area contributed by atoms with Crippen molar-refractivity contribution in [3.63, 3.8) is 0 Å². The van der Waals surface area contributed by atoms with E-state index in [1.807, 2.05) is 25.1 Å². The maximum atomic E-state index is 6.21. The molecule has 0 amide bonds. The zero-order valence-corrected chi connectivity index (χ0v) is 12.2. The molecule has 1 saturated carbocycles. The number of hydrogen-bond donors (Lipinski definition) is 2. The summed E-state index contributed by atoms with van der Waals surface area (Å²) in [5.74, 6) is 1.31. The summed E-state index contributed by atoms with van der Waals surface area (Å²) in [7, 11) is 0. The largest absolute Gasteiger partial charge is 0.492 e. The van der Waals surface area contributed by atoms with Crippen LogP contribution in [0.2, 0.25) is 5.02 Å². The molecule has 1 aromatic carbocycles. The minimum absolute atomic E-state index is 0.466. The third-order valence-electron chi connectivity index (χ3n) is 3.80. The van der Waals surface area contributed by atoms with Gasteiger partial charge in [-0.05, 0) is 50.4 Å². The fourth-order valence-electron chi connectivity index (χ4n) is 2.76. The van der Waals surface area contributed by atoms with Crippen LogP contribution in [0.1, 0.15) is 32.6 Å². The van der Waals surface area contributed by atoms with E-state index in [9.17, 15) is 0 Å². The van der Waals surface area contributed by atoms with Crippen LogP contribution in [0.15, 0.2) is 18.2 Å². The van der Waals surface area contributed by atoms with Crippen LogP contribution in [0.3, 0.4) is 0 Å². The molecule has 0 aromatic heterocycles. The standard InChI is InChI=1S/C15H23ClN2O/c1-2-19-15-8-7-12(9-13(15)16)18-14-6-4-3-5-11(14)10-17/h7-9,11,14,18H,2-6,10,17H2,1H3. The molecular formula is C15H23ClN2O. The zero-order chi connectivity index (χ0) is 13.7. The SMILES string of the molecule is CCOc1ccc(NC2CCCCC2CN)cc1Cl. The topological polar surface area (TPSA) is 47.3 Å². The van der Waals surface area contributed by atoms with Crippen molar-refractivity contribution >= 4 is 17.3 Å². The van der Waals surface area contributed by atoms with Crippen LogP contribution < -0.4 is 15.8 Å². The summed E-state index contributed by atoms with van der Waals surface area (Å²) in [4.78, 5) is 0. The molecule has 106 valence electrons. The molecule has 3 N–H and O–H groups in total. The van der Waals surface area contributed by atoms with Gasteiger partial charge >= 0.3 is 0 Å². The lowest BCUT2D eigenvalue weighted by Gasteiger charge is -2.32. The van der Waals surface area contributed by atoms with Gasteiger partial charge in [-0.25, -0.2) is 0 Å². The van der Waals surface area contributed by atoms with E-state index < -0.39 is 0 Å². The lowest BCUT2D eigenvalue weighted by atomic mass is 9.84. The number of rotatable bonds is 5. The average molecular weight is 283 g/mol. The fraction of sp³-hybridized carbons (Fsp3) is 0.600. The first kappa shape index (κ1) is 14.5. The van der Waals surface area contributed by atoms with E-state index in [1.54, 1.807) is 0 Å². The van der Waals surface area contributed by atoms with Crippen LogP contribution in [0.4, 0.5) is 5.69 Å². The summed E-state index contributed by atoms with van der Waals surface area (Å²) in [5.41, 5.74) is 6.91. The number of anilines is 1. The van der Waals surface area contributed by atoms with E-state index in [0.29, 0.717) is 23.6 Å².